The van der Waals surface area contributed by atoms with Crippen molar-refractivity contribution in [3.05, 3.63) is 58.1 Å². The minimum Gasteiger partial charge on any atom is -0.465 e. The standard InChI is InChI=1S/C22H26Cl2N3O3.Al.2H/c23-17-9-7-10-18(24)22(17)27-19-11-4-3-8-16(19)14-21(29)30-13-6-2-1-5-12-26-20(28)15-25;;;/h3-4,7-11,25,27H,1-2,5-6,12-15H2,(H,26,28);;;/q-1;+1;;. The molecule has 0 unspecified atom stereocenters. The van der Waals surface area contributed by atoms with Gasteiger partial charge in [0.1, 0.15) is 0 Å². The fraction of sp³-hybridized carbons (Fsp3) is 0.364. The molecule has 0 atom stereocenters. The van der Waals surface area contributed by atoms with Gasteiger partial charge in [-0.15, -0.1) is 0 Å². The predicted molar refractivity (Wildman–Crippen MR) is 129 cm³/mol. The van der Waals surface area contributed by atoms with Gasteiger partial charge in [0.2, 0.25) is 5.91 Å². The third kappa shape index (κ3) is 9.51. The zero-order valence-electron chi connectivity index (χ0n) is 17.7. The van der Waals surface area contributed by atoms with E-state index in [1.165, 1.54) is 0 Å². The van der Waals surface area contributed by atoms with Gasteiger partial charge in [0.05, 0.1) is 35.3 Å². The highest BCUT2D eigenvalue weighted by molar-refractivity contribution is 6.39. The van der Waals surface area contributed by atoms with Crippen LogP contribution in [0.1, 0.15) is 31.2 Å². The average molecular weight is 480 g/mol. The molecule has 0 aromatic heterocycles. The van der Waals surface area contributed by atoms with Crippen LogP contribution in [0.15, 0.2) is 42.5 Å². The molecular weight excluding hydrogens is 452 g/mol. The third-order valence-corrected chi connectivity index (χ3v) is 5.55. The topological polar surface area (TPSA) is 79.5 Å². The van der Waals surface area contributed by atoms with Crippen molar-refractivity contribution in [2.24, 2.45) is 0 Å². The maximum atomic E-state index is 12.3. The smallest absolute Gasteiger partial charge is 0.319 e. The molecule has 6 nitrogen and oxygen atoms in total. The van der Waals surface area contributed by atoms with E-state index < -0.39 is 0 Å². The molecule has 1 amide bonds. The van der Waals surface area contributed by atoms with Crippen LogP contribution in [0.25, 0.3) is 0 Å². The molecule has 9 heteroatoms. The quantitative estimate of drug-likeness (QED) is 0.232. The maximum absolute atomic E-state index is 12.3. The number of ether oxygens (including phenoxy) is 1. The summed E-state index contributed by atoms with van der Waals surface area (Å²) in [5.41, 5.74) is 2.18. The third-order valence-electron chi connectivity index (χ3n) is 4.57. The van der Waals surface area contributed by atoms with Gasteiger partial charge >= 0.3 is 22.5 Å². The van der Waals surface area contributed by atoms with Crippen LogP contribution in [-0.4, -0.2) is 48.1 Å². The molecule has 3 N–H and O–H groups in total. The summed E-state index contributed by atoms with van der Waals surface area (Å²) < 4.78 is 8.33. The van der Waals surface area contributed by atoms with Crippen LogP contribution in [0, 0.1) is 0 Å². The van der Waals surface area contributed by atoms with E-state index >= 15 is 0 Å². The Kier molecular flexibility index (Phi) is 11.8. The molecule has 0 bridgehead atoms. The molecular formula is C22H28AlCl2N3O3. The van der Waals surface area contributed by atoms with E-state index in [1.807, 2.05) is 24.3 Å². The van der Waals surface area contributed by atoms with Crippen LogP contribution in [0.2, 0.25) is 10.0 Å². The summed E-state index contributed by atoms with van der Waals surface area (Å²) >= 11 is 13.3. The zero-order valence-corrected chi connectivity index (χ0v) is 21.2. The lowest BCUT2D eigenvalue weighted by molar-refractivity contribution is -0.143. The van der Waals surface area contributed by atoms with E-state index in [1.54, 1.807) is 18.2 Å². The molecule has 0 saturated carbocycles. The van der Waals surface area contributed by atoms with Gasteiger partial charge in [-0.05, 0) is 43.0 Å². The largest absolute Gasteiger partial charge is 0.465 e. The second-order valence-corrected chi connectivity index (χ2v) is 8.59. The van der Waals surface area contributed by atoms with Crippen LogP contribution >= 0.6 is 23.2 Å². The molecule has 0 aliphatic heterocycles. The molecule has 2 aromatic carbocycles. The zero-order chi connectivity index (χ0) is 22.5. The number of carbonyl (C=O) groups excluding carboxylic acids is 2. The predicted octanol–water partition coefficient (Wildman–Crippen LogP) is 3.64. The lowest BCUT2D eigenvalue weighted by atomic mass is 10.1. The molecule has 166 valence electrons. The van der Waals surface area contributed by atoms with Gasteiger partial charge in [-0.3, -0.25) is 9.59 Å². The molecule has 0 heterocycles. The van der Waals surface area contributed by atoms with Crippen LogP contribution in [0.3, 0.4) is 0 Å². The van der Waals surface area contributed by atoms with Gasteiger partial charge in [-0.25, -0.2) is 0 Å². The Balaban J connectivity index is 1.71. The first-order valence-corrected chi connectivity index (χ1v) is 12.1. The van der Waals surface area contributed by atoms with Crippen LogP contribution < -0.4 is 14.9 Å². The lowest BCUT2D eigenvalue weighted by Crippen LogP contribution is -2.33. The van der Waals surface area contributed by atoms with Gasteiger partial charge in [0, 0.05) is 12.2 Å². The number of hydrogen-bond donors (Lipinski definition) is 3. The Morgan fingerprint density at radius 3 is 2.39 bits per heavy atom. The molecule has 0 aliphatic carbocycles. The highest BCUT2D eigenvalue weighted by Gasteiger charge is 2.12. The Morgan fingerprint density at radius 1 is 0.935 bits per heavy atom. The monoisotopic (exact) mass is 479 g/mol. The van der Waals surface area contributed by atoms with Gasteiger partial charge in [-0.2, -0.15) is 0 Å². The summed E-state index contributed by atoms with van der Waals surface area (Å²) in [6.07, 6.45) is 3.82. The van der Waals surface area contributed by atoms with Crippen molar-refractivity contribution in [1.82, 2.24) is 9.62 Å². The summed E-state index contributed by atoms with van der Waals surface area (Å²) in [5.74, 6) is -0.238. The van der Waals surface area contributed by atoms with Gasteiger partial charge in [-0.1, -0.05) is 53.9 Å². The molecule has 0 fully saturated rings. The Bertz CT molecular complexity index is 847. The van der Waals surface area contributed by atoms with Crippen LogP contribution in [0.4, 0.5) is 11.4 Å². The van der Waals surface area contributed by atoms with Gasteiger partial charge in [0.25, 0.3) is 0 Å². The van der Waals surface area contributed by atoms with Gasteiger partial charge < -0.3 is 19.7 Å². The minimum absolute atomic E-state index is 0.0375. The van der Waals surface area contributed by atoms with E-state index in [0.29, 0.717) is 35.4 Å². The lowest BCUT2D eigenvalue weighted by Gasteiger charge is -2.14. The minimum atomic E-state index is -0.276. The summed E-state index contributed by atoms with van der Waals surface area (Å²) in [6.45, 7) is 1.47. The summed E-state index contributed by atoms with van der Waals surface area (Å²) in [7, 11) is 0. The first-order valence-electron chi connectivity index (χ1n) is 10.4. The van der Waals surface area contributed by atoms with E-state index in [4.69, 9.17) is 27.9 Å². The normalized spacial score (nSPS) is 10.5. The number of anilines is 2. The molecule has 0 aliphatic rings. The molecule has 0 saturated heterocycles. The number of para-hydroxylation sites is 2. The number of benzene rings is 2. The van der Waals surface area contributed by atoms with E-state index in [0.717, 1.165) is 53.4 Å². The molecule has 2 aromatic rings. The van der Waals surface area contributed by atoms with E-state index in [2.05, 4.69) is 14.9 Å². The number of amides is 1. The van der Waals surface area contributed by atoms with Crippen molar-refractivity contribution in [1.29, 1.82) is 0 Å². The van der Waals surface area contributed by atoms with Crippen molar-refractivity contribution in [2.45, 2.75) is 32.1 Å². The Morgan fingerprint density at radius 2 is 1.65 bits per heavy atom. The van der Waals surface area contributed by atoms with Crippen molar-refractivity contribution in [2.75, 3.05) is 25.0 Å². The van der Waals surface area contributed by atoms with Crippen LogP contribution in [0.5, 0.6) is 0 Å². The van der Waals surface area contributed by atoms with Crippen molar-refractivity contribution in [3.63, 3.8) is 0 Å². The average Bonchev–Trinajstić information content (AvgIpc) is 2.74. The fourth-order valence-corrected chi connectivity index (χ4v) is 3.79. The van der Waals surface area contributed by atoms with Crippen molar-refractivity contribution < 1.29 is 14.3 Å². The molecule has 0 radical (unpaired) electrons. The fourth-order valence-electron chi connectivity index (χ4n) is 2.97. The Hall–Kier alpha value is -1.75. The number of carbonyl (C=O) groups is 2. The number of halogens is 2. The molecule has 2 rings (SSSR count). The van der Waals surface area contributed by atoms with Crippen LogP contribution in [-0.2, 0) is 20.7 Å². The summed E-state index contributed by atoms with van der Waals surface area (Å²) in [5, 5.41) is 7.10. The van der Waals surface area contributed by atoms with E-state index in [9.17, 15) is 9.59 Å². The molecule has 31 heavy (non-hydrogen) atoms. The number of rotatable bonds is 13. The number of esters is 1. The highest BCUT2D eigenvalue weighted by atomic mass is 35.5. The summed E-state index contributed by atoms with van der Waals surface area (Å²) in [6, 6.07) is 12.8. The SMILES string of the molecule is O=C(C[NH][AlH2])NCCCCCCOC(=O)Cc1ccccc1Nc1c(Cl)cccc1Cl. The highest BCUT2D eigenvalue weighted by Crippen LogP contribution is 2.33. The summed E-state index contributed by atoms with van der Waals surface area (Å²) in [4.78, 5) is 23.6. The number of hydrogen-bond acceptors (Lipinski definition) is 5. The first kappa shape index (κ1) is 25.5. The first-order chi connectivity index (χ1) is 15.0. The number of unbranched alkanes of at least 4 members (excludes halogenated alkanes) is 3. The molecule has 0 spiro atoms. The van der Waals surface area contributed by atoms with Crippen molar-refractivity contribution in [3.8, 4) is 0 Å². The van der Waals surface area contributed by atoms with E-state index in [-0.39, 0.29) is 18.3 Å². The second-order valence-electron chi connectivity index (χ2n) is 7.07. The Labute approximate surface area is 201 Å². The maximum Gasteiger partial charge on any atom is 0.319 e. The number of nitrogens with one attached hydrogen (secondary N) is 3. The second kappa shape index (κ2) is 14.3. The van der Waals surface area contributed by atoms with Gasteiger partial charge in [0.15, 0.2) is 0 Å². The van der Waals surface area contributed by atoms with Crippen molar-refractivity contribution >= 4 is 63.0 Å².